The number of nitrogens with zero attached hydrogens (tertiary/aromatic N) is 2. The normalized spacial score (nSPS) is 17.3. The lowest BCUT2D eigenvalue weighted by Crippen LogP contribution is -2.35. The fraction of sp³-hybridized carbons (Fsp3) is 0.429. The lowest BCUT2D eigenvalue weighted by molar-refractivity contribution is -0.140. The number of rotatable bonds is 11. The van der Waals surface area contributed by atoms with Crippen molar-refractivity contribution in [3.8, 4) is 11.5 Å². The molecule has 2 aromatic rings. The highest BCUT2D eigenvalue weighted by Crippen LogP contribution is 2.40. The minimum absolute atomic E-state index is 0.0944. The Hall–Kier alpha value is -3.32. The van der Waals surface area contributed by atoms with Crippen LogP contribution in [0, 0.1) is 6.92 Å². The molecule has 0 aromatic heterocycles. The Labute approximate surface area is 207 Å². The zero-order valence-corrected chi connectivity index (χ0v) is 21.3. The molecular formula is C28H36N2O5. The van der Waals surface area contributed by atoms with Gasteiger partial charge >= 0.3 is 0 Å². The molecular weight excluding hydrogens is 444 g/mol. The molecule has 3 rings (SSSR count). The lowest BCUT2D eigenvalue weighted by atomic mass is 9.94. The maximum atomic E-state index is 13.2. The van der Waals surface area contributed by atoms with Gasteiger partial charge in [-0.3, -0.25) is 9.59 Å². The van der Waals surface area contributed by atoms with Gasteiger partial charge in [-0.05, 0) is 75.8 Å². The summed E-state index contributed by atoms with van der Waals surface area (Å²) in [6, 6.07) is 11.9. The summed E-state index contributed by atoms with van der Waals surface area (Å²) < 4.78 is 11.4. The van der Waals surface area contributed by atoms with E-state index in [1.807, 2.05) is 57.1 Å². The van der Waals surface area contributed by atoms with Gasteiger partial charge in [0.1, 0.15) is 17.3 Å². The zero-order chi connectivity index (χ0) is 25.5. The van der Waals surface area contributed by atoms with Crippen LogP contribution in [0.15, 0.2) is 48.0 Å². The molecule has 188 valence electrons. The highest BCUT2D eigenvalue weighted by molar-refractivity contribution is 6.46. The van der Waals surface area contributed by atoms with Gasteiger partial charge in [0.05, 0.1) is 24.8 Å². The molecule has 2 aromatic carbocycles. The number of aryl methyl sites for hydroxylation is 1. The van der Waals surface area contributed by atoms with Crippen LogP contribution in [0.5, 0.6) is 11.5 Å². The molecule has 1 atom stereocenters. The van der Waals surface area contributed by atoms with E-state index in [4.69, 9.17) is 9.47 Å². The van der Waals surface area contributed by atoms with Crippen molar-refractivity contribution in [2.45, 2.75) is 39.7 Å². The second-order valence-electron chi connectivity index (χ2n) is 8.98. The number of ether oxygens (including phenoxy) is 2. The van der Waals surface area contributed by atoms with Gasteiger partial charge in [0.15, 0.2) is 0 Å². The molecule has 1 aliphatic rings. The van der Waals surface area contributed by atoms with Crippen LogP contribution in [0.1, 0.15) is 49.4 Å². The van der Waals surface area contributed by atoms with Gasteiger partial charge in [-0.1, -0.05) is 25.5 Å². The molecule has 7 nitrogen and oxygen atoms in total. The van der Waals surface area contributed by atoms with Gasteiger partial charge in [0, 0.05) is 18.7 Å². The van der Waals surface area contributed by atoms with Gasteiger partial charge in [-0.25, -0.2) is 0 Å². The maximum absolute atomic E-state index is 13.2. The molecule has 1 saturated heterocycles. The van der Waals surface area contributed by atoms with Crippen molar-refractivity contribution in [3.05, 3.63) is 64.7 Å². The number of hydrogen-bond donors (Lipinski definition) is 1. The summed E-state index contributed by atoms with van der Waals surface area (Å²) in [6.45, 7) is 8.02. The number of likely N-dealkylation sites (N-methyl/N-ethyl adjacent to an activating group) is 1. The molecule has 1 aliphatic heterocycles. The van der Waals surface area contributed by atoms with Crippen molar-refractivity contribution in [1.29, 1.82) is 0 Å². The summed E-state index contributed by atoms with van der Waals surface area (Å²) >= 11 is 0. The molecule has 1 amide bonds. The first kappa shape index (κ1) is 26.3. The number of carbonyl (C=O) groups is 2. The molecule has 1 N–H and O–H groups in total. The number of amides is 1. The summed E-state index contributed by atoms with van der Waals surface area (Å²) in [5.74, 6) is -0.0253. The molecule has 7 heteroatoms. The van der Waals surface area contributed by atoms with Crippen molar-refractivity contribution >= 4 is 17.4 Å². The first-order valence-corrected chi connectivity index (χ1v) is 12.2. The molecule has 0 spiro atoms. The van der Waals surface area contributed by atoms with Crippen molar-refractivity contribution in [3.63, 3.8) is 0 Å². The minimum Gasteiger partial charge on any atom is -0.507 e. The van der Waals surface area contributed by atoms with E-state index in [-0.39, 0.29) is 11.3 Å². The van der Waals surface area contributed by atoms with E-state index in [0.717, 1.165) is 29.7 Å². The van der Waals surface area contributed by atoms with Crippen molar-refractivity contribution < 1.29 is 24.2 Å². The van der Waals surface area contributed by atoms with Crippen LogP contribution < -0.4 is 9.47 Å². The quantitative estimate of drug-likeness (QED) is 0.220. The van der Waals surface area contributed by atoms with Crippen LogP contribution in [0.4, 0.5) is 0 Å². The van der Waals surface area contributed by atoms with Gasteiger partial charge < -0.3 is 24.4 Å². The third-order valence-corrected chi connectivity index (χ3v) is 6.04. The number of unbranched alkanes of at least 4 members (excludes halogenated alkanes) is 1. The number of hydrogen-bond acceptors (Lipinski definition) is 6. The molecule has 1 fully saturated rings. The van der Waals surface area contributed by atoms with Crippen LogP contribution in [0.2, 0.25) is 0 Å². The molecule has 1 heterocycles. The molecule has 0 aliphatic carbocycles. The van der Waals surface area contributed by atoms with Gasteiger partial charge in [0.2, 0.25) is 0 Å². The average Bonchev–Trinajstić information content (AvgIpc) is 3.09. The molecule has 0 saturated carbocycles. The summed E-state index contributed by atoms with van der Waals surface area (Å²) in [5, 5.41) is 11.3. The number of ketones is 1. The minimum atomic E-state index is -0.689. The monoisotopic (exact) mass is 480 g/mol. The van der Waals surface area contributed by atoms with E-state index in [2.05, 4.69) is 6.92 Å². The number of carbonyl (C=O) groups excluding carboxylic acids is 2. The van der Waals surface area contributed by atoms with Crippen LogP contribution >= 0.6 is 0 Å². The second-order valence-corrected chi connectivity index (χ2v) is 8.98. The summed E-state index contributed by atoms with van der Waals surface area (Å²) in [5.41, 5.74) is 2.16. The topological polar surface area (TPSA) is 79.3 Å². The van der Waals surface area contributed by atoms with E-state index >= 15 is 0 Å². The highest BCUT2D eigenvalue weighted by atomic mass is 16.5. The Morgan fingerprint density at radius 2 is 1.77 bits per heavy atom. The first-order valence-electron chi connectivity index (χ1n) is 12.2. The smallest absolute Gasteiger partial charge is 0.295 e. The van der Waals surface area contributed by atoms with Crippen molar-refractivity contribution in [1.82, 2.24) is 9.80 Å². The van der Waals surface area contributed by atoms with E-state index in [1.54, 1.807) is 23.1 Å². The number of benzene rings is 2. The van der Waals surface area contributed by atoms with E-state index < -0.39 is 17.7 Å². The van der Waals surface area contributed by atoms with Crippen molar-refractivity contribution in [2.75, 3.05) is 40.4 Å². The Kier molecular flexibility index (Phi) is 8.93. The Morgan fingerprint density at radius 1 is 1.06 bits per heavy atom. The highest BCUT2D eigenvalue weighted by Gasteiger charge is 2.45. The molecule has 35 heavy (non-hydrogen) atoms. The lowest BCUT2D eigenvalue weighted by Gasteiger charge is -2.26. The molecule has 0 bridgehead atoms. The van der Waals surface area contributed by atoms with Crippen LogP contribution in [0.3, 0.4) is 0 Å². The Morgan fingerprint density at radius 3 is 2.37 bits per heavy atom. The van der Waals surface area contributed by atoms with E-state index in [0.29, 0.717) is 37.6 Å². The fourth-order valence-corrected chi connectivity index (χ4v) is 4.12. The third kappa shape index (κ3) is 6.03. The average molecular weight is 481 g/mol. The summed E-state index contributed by atoms with van der Waals surface area (Å²) in [4.78, 5) is 29.7. The first-order chi connectivity index (χ1) is 16.8. The molecule has 0 unspecified atom stereocenters. The Balaban J connectivity index is 2.04. The van der Waals surface area contributed by atoms with Gasteiger partial charge in [0.25, 0.3) is 11.7 Å². The van der Waals surface area contributed by atoms with E-state index in [1.165, 1.54) is 0 Å². The predicted octanol–water partition coefficient (Wildman–Crippen LogP) is 4.56. The van der Waals surface area contributed by atoms with E-state index in [9.17, 15) is 14.7 Å². The number of Topliss-reactive ketones (excluding diaryl/α,β-unsaturated/α-hetero) is 1. The van der Waals surface area contributed by atoms with Crippen molar-refractivity contribution in [2.24, 2.45) is 0 Å². The third-order valence-electron chi connectivity index (χ3n) is 6.04. The Bertz CT molecular complexity index is 1080. The SMILES string of the molecule is CCCCOc1ccc(C(O)=C2C(=O)C(=O)N(CCN(C)C)[C@H]2c2ccc(OCC)cc2)cc1C. The van der Waals surface area contributed by atoms with Crippen LogP contribution in [-0.4, -0.2) is 67.0 Å². The van der Waals surface area contributed by atoms with Gasteiger partial charge in [-0.2, -0.15) is 0 Å². The summed E-state index contributed by atoms with van der Waals surface area (Å²) in [7, 11) is 3.82. The number of aliphatic hydroxyl groups is 1. The fourth-order valence-electron chi connectivity index (χ4n) is 4.12. The van der Waals surface area contributed by atoms with Crippen LogP contribution in [0.25, 0.3) is 5.76 Å². The predicted molar refractivity (Wildman–Crippen MR) is 137 cm³/mol. The summed E-state index contributed by atoms with van der Waals surface area (Å²) in [6.07, 6.45) is 2.00. The largest absolute Gasteiger partial charge is 0.507 e. The maximum Gasteiger partial charge on any atom is 0.295 e. The second kappa shape index (κ2) is 11.9. The molecule has 0 radical (unpaired) electrons. The van der Waals surface area contributed by atoms with Crippen LogP contribution in [-0.2, 0) is 9.59 Å². The number of likely N-dealkylation sites (tertiary alicyclic amines) is 1. The standard InChI is InChI=1S/C28H36N2O5/c1-6-8-17-35-23-14-11-21(18-19(23)3)26(31)24-25(20-9-12-22(13-10-20)34-7-2)30(16-15-29(4)5)28(33)27(24)32/h9-14,18,25,31H,6-8,15-17H2,1-5H3/t25-/m0/s1. The number of aliphatic hydroxyl groups excluding tert-OH is 1. The zero-order valence-electron chi connectivity index (χ0n) is 21.3. The van der Waals surface area contributed by atoms with Gasteiger partial charge in [-0.15, -0.1) is 0 Å².